The maximum Gasteiger partial charge on any atom is 0.319 e. The van der Waals surface area contributed by atoms with Crippen molar-refractivity contribution in [1.29, 1.82) is 0 Å². The normalized spacial score (nSPS) is 13.6. The van der Waals surface area contributed by atoms with Gasteiger partial charge in [-0.25, -0.2) is 4.79 Å². The van der Waals surface area contributed by atoms with Crippen LogP contribution in [0.25, 0.3) is 0 Å². The summed E-state index contributed by atoms with van der Waals surface area (Å²) in [6, 6.07) is 13.2. The fourth-order valence-electron chi connectivity index (χ4n) is 3.17. The summed E-state index contributed by atoms with van der Waals surface area (Å²) >= 11 is 0. The highest BCUT2D eigenvalue weighted by molar-refractivity contribution is 5.97. The van der Waals surface area contributed by atoms with Crippen molar-refractivity contribution in [3.63, 3.8) is 0 Å². The molecule has 0 aliphatic carbocycles. The van der Waals surface area contributed by atoms with Crippen LogP contribution in [-0.4, -0.2) is 32.1 Å². The lowest BCUT2D eigenvalue weighted by Gasteiger charge is -2.19. The molecule has 0 unspecified atom stereocenters. The molecule has 1 aliphatic heterocycles. The van der Waals surface area contributed by atoms with E-state index in [4.69, 9.17) is 4.74 Å². The minimum absolute atomic E-state index is 0.138. The van der Waals surface area contributed by atoms with E-state index in [9.17, 15) is 9.59 Å². The zero-order chi connectivity index (χ0) is 19.2. The van der Waals surface area contributed by atoms with Crippen LogP contribution in [0.15, 0.2) is 42.5 Å². The summed E-state index contributed by atoms with van der Waals surface area (Å²) in [6.07, 6.45) is 2.20. The Labute approximate surface area is 159 Å². The van der Waals surface area contributed by atoms with E-state index in [-0.39, 0.29) is 11.9 Å². The van der Waals surface area contributed by atoms with Crippen LogP contribution in [0.1, 0.15) is 24.0 Å². The first-order valence-corrected chi connectivity index (χ1v) is 9.15. The number of benzene rings is 2. The van der Waals surface area contributed by atoms with Crippen molar-refractivity contribution in [2.24, 2.45) is 0 Å². The van der Waals surface area contributed by atoms with Crippen LogP contribution in [0.3, 0.4) is 0 Å². The van der Waals surface area contributed by atoms with E-state index in [0.717, 1.165) is 42.0 Å². The second-order valence-electron chi connectivity index (χ2n) is 6.63. The van der Waals surface area contributed by atoms with Crippen molar-refractivity contribution >= 4 is 23.3 Å². The average molecular weight is 367 g/mol. The number of carbonyl (C=O) groups excluding carboxylic acids is 2. The van der Waals surface area contributed by atoms with Gasteiger partial charge in [0.25, 0.3) is 0 Å². The van der Waals surface area contributed by atoms with Gasteiger partial charge in [0.15, 0.2) is 0 Å². The van der Waals surface area contributed by atoms with Gasteiger partial charge in [0.2, 0.25) is 5.91 Å². The van der Waals surface area contributed by atoms with Crippen LogP contribution in [0.4, 0.5) is 16.2 Å². The number of nitrogens with zero attached hydrogens (tertiary/aromatic N) is 1. The molecule has 2 N–H and O–H groups in total. The van der Waals surface area contributed by atoms with Crippen LogP contribution < -0.4 is 20.3 Å². The summed E-state index contributed by atoms with van der Waals surface area (Å²) in [6.45, 7) is 3.23. The molecule has 1 heterocycles. The first kappa shape index (κ1) is 18.8. The molecule has 6 heteroatoms. The van der Waals surface area contributed by atoms with Crippen LogP contribution >= 0.6 is 0 Å². The highest BCUT2D eigenvalue weighted by Gasteiger charge is 2.23. The lowest BCUT2D eigenvalue weighted by molar-refractivity contribution is -0.117. The quantitative estimate of drug-likeness (QED) is 0.821. The van der Waals surface area contributed by atoms with E-state index < -0.39 is 0 Å². The molecule has 0 spiro atoms. The van der Waals surface area contributed by atoms with Gasteiger partial charge in [-0.1, -0.05) is 18.2 Å². The van der Waals surface area contributed by atoms with Crippen molar-refractivity contribution in [3.8, 4) is 5.75 Å². The maximum absolute atomic E-state index is 12.2. The first-order chi connectivity index (χ1) is 13.1. The Morgan fingerprint density at radius 3 is 2.63 bits per heavy atom. The predicted octanol–water partition coefficient (Wildman–Crippen LogP) is 3.49. The topological polar surface area (TPSA) is 70.7 Å². The Morgan fingerprint density at radius 2 is 1.96 bits per heavy atom. The lowest BCUT2D eigenvalue weighted by atomic mass is 10.1. The van der Waals surface area contributed by atoms with Gasteiger partial charge in [-0.3, -0.25) is 4.79 Å². The van der Waals surface area contributed by atoms with Gasteiger partial charge >= 0.3 is 6.03 Å². The zero-order valence-electron chi connectivity index (χ0n) is 15.7. The second kappa shape index (κ2) is 8.58. The molecular formula is C21H25N3O3. The molecule has 2 aromatic rings. The van der Waals surface area contributed by atoms with E-state index in [1.165, 1.54) is 0 Å². The van der Waals surface area contributed by atoms with Crippen LogP contribution in [0, 0.1) is 6.92 Å². The first-order valence-electron chi connectivity index (χ1n) is 9.15. The summed E-state index contributed by atoms with van der Waals surface area (Å²) < 4.78 is 5.14. The largest absolute Gasteiger partial charge is 0.497 e. The van der Waals surface area contributed by atoms with Crippen molar-refractivity contribution in [3.05, 3.63) is 53.6 Å². The number of hydrogen-bond acceptors (Lipinski definition) is 3. The Hall–Kier alpha value is -3.02. The van der Waals surface area contributed by atoms with Crippen LogP contribution in [0.5, 0.6) is 5.75 Å². The molecule has 2 aromatic carbocycles. The maximum atomic E-state index is 12.2. The summed E-state index contributed by atoms with van der Waals surface area (Å²) in [5, 5.41) is 5.70. The molecule has 142 valence electrons. The van der Waals surface area contributed by atoms with Crippen molar-refractivity contribution in [2.75, 3.05) is 30.4 Å². The summed E-state index contributed by atoms with van der Waals surface area (Å²) in [7, 11) is 1.64. The molecule has 0 saturated carbocycles. The standard InChI is InChI=1S/C21H25N3O3/c1-15-5-8-17(14-19(15)24-13-3-4-20(24)25)23-21(26)22-12-11-16-6-9-18(27-2)10-7-16/h5-10,14H,3-4,11-13H2,1-2H3,(H2,22,23,26). The summed E-state index contributed by atoms with van der Waals surface area (Å²) in [4.78, 5) is 26.0. The Morgan fingerprint density at radius 1 is 1.19 bits per heavy atom. The van der Waals surface area contributed by atoms with Gasteiger partial charge < -0.3 is 20.3 Å². The van der Waals surface area contributed by atoms with Gasteiger partial charge in [-0.15, -0.1) is 0 Å². The zero-order valence-corrected chi connectivity index (χ0v) is 15.7. The smallest absolute Gasteiger partial charge is 0.319 e. The Kier molecular flexibility index (Phi) is 5.96. The molecule has 0 radical (unpaired) electrons. The third-order valence-electron chi connectivity index (χ3n) is 4.69. The third kappa shape index (κ3) is 4.78. The summed E-state index contributed by atoms with van der Waals surface area (Å²) in [5.41, 5.74) is 3.70. The number of amides is 3. The molecule has 0 bridgehead atoms. The molecule has 3 amide bonds. The highest BCUT2D eigenvalue weighted by Crippen LogP contribution is 2.28. The number of urea groups is 1. The minimum Gasteiger partial charge on any atom is -0.497 e. The van der Waals surface area contributed by atoms with Crippen molar-refractivity contribution in [2.45, 2.75) is 26.2 Å². The van der Waals surface area contributed by atoms with Crippen LogP contribution in [0.2, 0.25) is 0 Å². The second-order valence-corrected chi connectivity index (χ2v) is 6.63. The fraction of sp³-hybridized carbons (Fsp3) is 0.333. The number of ether oxygens (including phenoxy) is 1. The minimum atomic E-state index is -0.258. The SMILES string of the molecule is COc1ccc(CCNC(=O)Nc2ccc(C)c(N3CCCC3=O)c2)cc1. The Bertz CT molecular complexity index is 818. The molecule has 0 atom stereocenters. The van der Waals surface area contributed by atoms with Gasteiger partial charge in [-0.2, -0.15) is 0 Å². The Balaban J connectivity index is 1.53. The van der Waals surface area contributed by atoms with Gasteiger partial charge in [-0.05, 0) is 55.2 Å². The fourth-order valence-corrected chi connectivity index (χ4v) is 3.17. The van der Waals surface area contributed by atoms with E-state index in [1.54, 1.807) is 12.0 Å². The summed E-state index contributed by atoms with van der Waals surface area (Å²) in [5.74, 6) is 0.954. The average Bonchev–Trinajstić information content (AvgIpc) is 3.09. The lowest BCUT2D eigenvalue weighted by Crippen LogP contribution is -2.30. The van der Waals surface area contributed by atoms with Gasteiger partial charge in [0.1, 0.15) is 5.75 Å². The molecular weight excluding hydrogens is 342 g/mol. The number of rotatable bonds is 6. The number of aryl methyl sites for hydroxylation is 1. The monoisotopic (exact) mass is 367 g/mol. The van der Waals surface area contributed by atoms with Crippen molar-refractivity contribution < 1.29 is 14.3 Å². The molecule has 1 fully saturated rings. The molecule has 6 nitrogen and oxygen atoms in total. The molecule has 1 aliphatic rings. The number of nitrogens with one attached hydrogen (secondary N) is 2. The van der Waals surface area contributed by atoms with E-state index in [0.29, 0.717) is 18.7 Å². The number of anilines is 2. The number of methoxy groups -OCH3 is 1. The van der Waals surface area contributed by atoms with Crippen LogP contribution in [-0.2, 0) is 11.2 Å². The number of carbonyl (C=O) groups is 2. The number of hydrogen-bond donors (Lipinski definition) is 2. The van der Waals surface area contributed by atoms with E-state index in [2.05, 4.69) is 10.6 Å². The molecule has 0 aromatic heterocycles. The van der Waals surface area contributed by atoms with Gasteiger partial charge in [0, 0.05) is 30.9 Å². The molecule has 3 rings (SSSR count). The highest BCUT2D eigenvalue weighted by atomic mass is 16.5. The molecule has 27 heavy (non-hydrogen) atoms. The predicted molar refractivity (Wildman–Crippen MR) is 106 cm³/mol. The van der Waals surface area contributed by atoms with E-state index in [1.807, 2.05) is 49.4 Å². The van der Waals surface area contributed by atoms with Crippen molar-refractivity contribution in [1.82, 2.24) is 5.32 Å². The third-order valence-corrected chi connectivity index (χ3v) is 4.69. The van der Waals surface area contributed by atoms with E-state index >= 15 is 0 Å². The molecule has 1 saturated heterocycles. The van der Waals surface area contributed by atoms with Gasteiger partial charge in [0.05, 0.1) is 7.11 Å².